The van der Waals surface area contributed by atoms with Crippen LogP contribution in [0.3, 0.4) is 0 Å². The second kappa shape index (κ2) is 10.7. The summed E-state index contributed by atoms with van der Waals surface area (Å²) >= 11 is 0. The molecule has 11 nitrogen and oxygen atoms in total. The number of ether oxygens (including phenoxy) is 6. The van der Waals surface area contributed by atoms with Gasteiger partial charge < -0.3 is 33.5 Å². The maximum atomic E-state index is 12.3. The van der Waals surface area contributed by atoms with Gasteiger partial charge in [0.2, 0.25) is 12.4 Å². The molecule has 1 heterocycles. The number of rotatable bonds is 7. The molecule has 0 spiro atoms. The number of carbonyl (C=O) groups is 4. The second-order valence-corrected chi connectivity index (χ2v) is 6.59. The standard InChI is InChI=1S/C20H24O11/c1-10(22)27-15-16(28-11(2)23)18(29-12(3)24)20(31-17(15)19(25)26-4)30-14-7-5-13(9-21)6-8-14/h5-8,15-18,20-21H,9H2,1-4H3/t15-,16+,17+,18+,20-/m1/s1. The average Bonchev–Trinajstić information content (AvgIpc) is 2.71. The first-order valence-electron chi connectivity index (χ1n) is 9.27. The summed E-state index contributed by atoms with van der Waals surface area (Å²) in [4.78, 5) is 47.4. The van der Waals surface area contributed by atoms with E-state index in [0.29, 0.717) is 5.56 Å². The van der Waals surface area contributed by atoms with Crippen LogP contribution < -0.4 is 4.74 Å². The molecule has 11 heteroatoms. The highest BCUT2D eigenvalue weighted by Crippen LogP contribution is 2.31. The molecule has 0 bridgehead atoms. The predicted octanol–water partition coefficient (Wildman–Crippen LogP) is 0.251. The van der Waals surface area contributed by atoms with Gasteiger partial charge in [0.25, 0.3) is 0 Å². The zero-order chi connectivity index (χ0) is 23.1. The predicted molar refractivity (Wildman–Crippen MR) is 100 cm³/mol. The van der Waals surface area contributed by atoms with Crippen molar-refractivity contribution in [2.24, 2.45) is 0 Å². The Morgan fingerprint density at radius 2 is 1.39 bits per heavy atom. The van der Waals surface area contributed by atoms with E-state index in [9.17, 15) is 19.2 Å². The van der Waals surface area contributed by atoms with Gasteiger partial charge in [-0.15, -0.1) is 0 Å². The van der Waals surface area contributed by atoms with Crippen LogP contribution in [-0.2, 0) is 49.5 Å². The zero-order valence-corrected chi connectivity index (χ0v) is 17.4. The molecule has 2 rings (SSSR count). The first kappa shape index (κ1) is 24.1. The number of benzene rings is 1. The molecule has 0 aromatic heterocycles. The van der Waals surface area contributed by atoms with Gasteiger partial charge in [-0.2, -0.15) is 0 Å². The Hall–Kier alpha value is -3.18. The van der Waals surface area contributed by atoms with Crippen molar-refractivity contribution in [3.05, 3.63) is 29.8 Å². The largest absolute Gasteiger partial charge is 0.467 e. The minimum atomic E-state index is -1.54. The molecule has 5 atom stereocenters. The molecule has 1 aliphatic rings. The van der Waals surface area contributed by atoms with E-state index in [2.05, 4.69) is 0 Å². The fourth-order valence-corrected chi connectivity index (χ4v) is 2.98. The zero-order valence-electron chi connectivity index (χ0n) is 17.4. The molecule has 1 fully saturated rings. The third-order valence-electron chi connectivity index (χ3n) is 4.19. The fraction of sp³-hybridized carbons (Fsp3) is 0.500. The van der Waals surface area contributed by atoms with Gasteiger partial charge in [-0.3, -0.25) is 14.4 Å². The van der Waals surface area contributed by atoms with Crippen LogP contribution in [0.25, 0.3) is 0 Å². The van der Waals surface area contributed by atoms with Gasteiger partial charge in [0.15, 0.2) is 18.3 Å². The summed E-state index contributed by atoms with van der Waals surface area (Å²) in [6.45, 7) is 3.12. The van der Waals surface area contributed by atoms with E-state index in [-0.39, 0.29) is 12.4 Å². The Balaban J connectivity index is 2.46. The SMILES string of the molecule is COC(=O)[C@H]1O[C@@H](Oc2ccc(CO)cc2)[C@@H](OC(C)=O)[C@@H](OC(C)=O)[C@H]1OC(C)=O. The van der Waals surface area contributed by atoms with E-state index in [4.69, 9.17) is 33.5 Å². The molecule has 1 aromatic rings. The van der Waals surface area contributed by atoms with Crippen LogP contribution >= 0.6 is 0 Å². The Labute approximate surface area is 178 Å². The minimum absolute atomic E-state index is 0.181. The van der Waals surface area contributed by atoms with E-state index < -0.39 is 54.6 Å². The summed E-state index contributed by atoms with van der Waals surface area (Å²) < 4.78 is 31.8. The highest BCUT2D eigenvalue weighted by Gasteiger charge is 2.55. The highest BCUT2D eigenvalue weighted by molar-refractivity contribution is 5.77. The van der Waals surface area contributed by atoms with Crippen LogP contribution in [0.4, 0.5) is 0 Å². The number of esters is 4. The number of aliphatic hydroxyl groups is 1. The second-order valence-electron chi connectivity index (χ2n) is 6.59. The maximum absolute atomic E-state index is 12.3. The van der Waals surface area contributed by atoms with E-state index in [1.165, 1.54) is 12.1 Å². The van der Waals surface area contributed by atoms with Crippen LogP contribution in [0.1, 0.15) is 26.3 Å². The molecule has 0 amide bonds. The summed E-state index contributed by atoms with van der Waals surface area (Å²) in [7, 11) is 1.10. The Kier molecular flexibility index (Phi) is 8.34. The van der Waals surface area contributed by atoms with Gasteiger partial charge in [0.1, 0.15) is 5.75 Å². The number of carbonyl (C=O) groups excluding carboxylic acids is 4. The van der Waals surface area contributed by atoms with Crippen LogP contribution in [0, 0.1) is 0 Å². The monoisotopic (exact) mass is 440 g/mol. The van der Waals surface area contributed by atoms with Crippen molar-refractivity contribution in [3.8, 4) is 5.75 Å². The maximum Gasteiger partial charge on any atom is 0.339 e. The average molecular weight is 440 g/mol. The highest BCUT2D eigenvalue weighted by atomic mass is 16.7. The summed E-state index contributed by atoms with van der Waals surface area (Å²) in [5.41, 5.74) is 0.619. The lowest BCUT2D eigenvalue weighted by atomic mass is 9.97. The molecule has 0 radical (unpaired) electrons. The molecule has 1 N–H and O–H groups in total. The summed E-state index contributed by atoms with van der Waals surface area (Å²) in [5, 5.41) is 9.17. The van der Waals surface area contributed by atoms with Crippen molar-refractivity contribution < 1.29 is 52.7 Å². The number of hydrogen-bond donors (Lipinski definition) is 1. The third-order valence-corrected chi connectivity index (χ3v) is 4.19. The molecule has 1 aliphatic heterocycles. The molecule has 31 heavy (non-hydrogen) atoms. The lowest BCUT2D eigenvalue weighted by Crippen LogP contribution is -2.64. The van der Waals surface area contributed by atoms with Crippen LogP contribution in [0.5, 0.6) is 5.75 Å². The van der Waals surface area contributed by atoms with Crippen molar-refractivity contribution in [1.29, 1.82) is 0 Å². The lowest BCUT2D eigenvalue weighted by Gasteiger charge is -2.43. The molecule has 1 aromatic carbocycles. The number of methoxy groups -OCH3 is 1. The molecule has 1 saturated heterocycles. The minimum Gasteiger partial charge on any atom is -0.467 e. The normalized spacial score (nSPS) is 25.1. The van der Waals surface area contributed by atoms with Crippen molar-refractivity contribution in [1.82, 2.24) is 0 Å². The molecular formula is C20H24O11. The molecular weight excluding hydrogens is 416 g/mol. The van der Waals surface area contributed by atoms with Crippen molar-refractivity contribution in [2.75, 3.05) is 7.11 Å². The molecule has 0 aliphatic carbocycles. The molecule has 170 valence electrons. The summed E-state index contributed by atoms with van der Waals surface area (Å²) in [6.07, 6.45) is -7.24. The quantitative estimate of drug-likeness (QED) is 0.460. The van der Waals surface area contributed by atoms with Gasteiger partial charge in [-0.25, -0.2) is 4.79 Å². The third kappa shape index (κ3) is 6.40. The van der Waals surface area contributed by atoms with Gasteiger partial charge >= 0.3 is 23.9 Å². The van der Waals surface area contributed by atoms with Crippen LogP contribution in [0.2, 0.25) is 0 Å². The fourth-order valence-electron chi connectivity index (χ4n) is 2.98. The first-order valence-corrected chi connectivity index (χ1v) is 9.27. The van der Waals surface area contributed by atoms with Gasteiger partial charge in [0.05, 0.1) is 13.7 Å². The topological polar surface area (TPSA) is 144 Å². The van der Waals surface area contributed by atoms with E-state index in [1.54, 1.807) is 12.1 Å². The van der Waals surface area contributed by atoms with Gasteiger partial charge in [-0.1, -0.05) is 12.1 Å². The van der Waals surface area contributed by atoms with Crippen LogP contribution in [0.15, 0.2) is 24.3 Å². The van der Waals surface area contributed by atoms with Crippen molar-refractivity contribution >= 4 is 23.9 Å². The Morgan fingerprint density at radius 3 is 1.87 bits per heavy atom. The Morgan fingerprint density at radius 1 is 0.871 bits per heavy atom. The number of aliphatic hydroxyl groups excluding tert-OH is 1. The summed E-state index contributed by atoms with van der Waals surface area (Å²) in [6, 6.07) is 6.21. The van der Waals surface area contributed by atoms with Crippen molar-refractivity contribution in [2.45, 2.75) is 58.1 Å². The summed E-state index contributed by atoms with van der Waals surface area (Å²) in [5.74, 6) is -3.01. The van der Waals surface area contributed by atoms with E-state index >= 15 is 0 Å². The Bertz CT molecular complexity index is 804. The van der Waals surface area contributed by atoms with E-state index in [1.807, 2.05) is 0 Å². The van der Waals surface area contributed by atoms with Gasteiger partial charge in [0, 0.05) is 20.8 Å². The van der Waals surface area contributed by atoms with Crippen molar-refractivity contribution in [3.63, 3.8) is 0 Å². The molecule has 0 unspecified atom stereocenters. The van der Waals surface area contributed by atoms with Crippen LogP contribution in [-0.4, -0.2) is 66.8 Å². The van der Waals surface area contributed by atoms with E-state index in [0.717, 1.165) is 27.9 Å². The smallest absolute Gasteiger partial charge is 0.339 e. The number of hydrogen-bond acceptors (Lipinski definition) is 11. The first-order chi connectivity index (χ1) is 14.7. The lowest BCUT2D eigenvalue weighted by molar-refractivity contribution is -0.282. The molecule has 0 saturated carbocycles. The van der Waals surface area contributed by atoms with Gasteiger partial charge in [-0.05, 0) is 17.7 Å².